The number of aromatic nitrogens is 1. The fraction of sp³-hybridized carbons (Fsp3) is 0.267. The lowest BCUT2D eigenvalue weighted by Crippen LogP contribution is -2.18. The number of benzene rings is 1. The predicted octanol–water partition coefficient (Wildman–Crippen LogP) is 3.31. The van der Waals surface area contributed by atoms with E-state index >= 15 is 0 Å². The van der Waals surface area contributed by atoms with Gasteiger partial charge in [0.25, 0.3) is 0 Å². The molecule has 1 atom stereocenters. The molecule has 5 heteroatoms. The van der Waals surface area contributed by atoms with Gasteiger partial charge in [-0.05, 0) is 36.2 Å². The molecule has 1 unspecified atom stereocenters. The van der Waals surface area contributed by atoms with Crippen LogP contribution < -0.4 is 14.8 Å². The van der Waals surface area contributed by atoms with Crippen LogP contribution in [0.1, 0.15) is 24.1 Å². The molecule has 4 nitrogen and oxygen atoms in total. The Balaban J connectivity index is 1.67. The minimum absolute atomic E-state index is 0.189. The number of pyridine rings is 1. The van der Waals surface area contributed by atoms with Gasteiger partial charge in [0.2, 0.25) is 6.79 Å². The summed E-state index contributed by atoms with van der Waals surface area (Å²) in [6, 6.07) is 8.10. The van der Waals surface area contributed by atoms with Crippen molar-refractivity contribution in [3.63, 3.8) is 0 Å². The van der Waals surface area contributed by atoms with Crippen molar-refractivity contribution in [3.8, 4) is 11.5 Å². The third-order valence-corrected chi connectivity index (χ3v) is 3.69. The zero-order valence-corrected chi connectivity index (χ0v) is 11.9. The van der Waals surface area contributed by atoms with E-state index in [1.165, 1.54) is 0 Å². The molecule has 1 aliphatic heterocycles. The molecule has 1 aromatic heterocycles. The predicted molar refractivity (Wildman–Crippen MR) is 77.1 cm³/mol. The summed E-state index contributed by atoms with van der Waals surface area (Å²) in [4.78, 5) is 3.98. The van der Waals surface area contributed by atoms with Gasteiger partial charge in [0.05, 0.1) is 5.02 Å². The van der Waals surface area contributed by atoms with Gasteiger partial charge in [0, 0.05) is 25.0 Å². The molecule has 2 heterocycles. The van der Waals surface area contributed by atoms with E-state index in [1.807, 2.05) is 24.3 Å². The fourth-order valence-corrected chi connectivity index (χ4v) is 2.30. The van der Waals surface area contributed by atoms with Crippen molar-refractivity contribution in [2.75, 3.05) is 6.79 Å². The van der Waals surface area contributed by atoms with Crippen molar-refractivity contribution >= 4 is 11.6 Å². The van der Waals surface area contributed by atoms with E-state index < -0.39 is 0 Å². The summed E-state index contributed by atoms with van der Waals surface area (Å²) < 4.78 is 10.7. The minimum atomic E-state index is 0.189. The molecule has 1 N–H and O–H groups in total. The molecule has 0 bridgehead atoms. The molecule has 0 amide bonds. The number of nitrogens with one attached hydrogen (secondary N) is 1. The van der Waals surface area contributed by atoms with Crippen molar-refractivity contribution in [2.45, 2.75) is 19.5 Å². The van der Waals surface area contributed by atoms with Gasteiger partial charge < -0.3 is 14.8 Å². The second-order valence-electron chi connectivity index (χ2n) is 4.68. The molecule has 0 spiro atoms. The SMILES string of the molecule is CC(NCc1ccncc1Cl)c1ccc2c(c1)OCO2. The number of hydrogen-bond acceptors (Lipinski definition) is 4. The van der Waals surface area contributed by atoms with Crippen LogP contribution in [0.15, 0.2) is 36.7 Å². The van der Waals surface area contributed by atoms with E-state index in [9.17, 15) is 0 Å². The topological polar surface area (TPSA) is 43.4 Å². The molecule has 104 valence electrons. The van der Waals surface area contributed by atoms with Gasteiger partial charge in [-0.2, -0.15) is 0 Å². The van der Waals surface area contributed by atoms with E-state index in [0.717, 1.165) is 22.6 Å². The maximum atomic E-state index is 6.09. The van der Waals surface area contributed by atoms with E-state index in [2.05, 4.69) is 17.2 Å². The van der Waals surface area contributed by atoms with Crippen LogP contribution in [-0.4, -0.2) is 11.8 Å². The summed E-state index contributed by atoms with van der Waals surface area (Å²) in [5.41, 5.74) is 2.19. The van der Waals surface area contributed by atoms with Gasteiger partial charge >= 0.3 is 0 Å². The van der Waals surface area contributed by atoms with E-state index in [1.54, 1.807) is 12.4 Å². The highest BCUT2D eigenvalue weighted by molar-refractivity contribution is 6.31. The minimum Gasteiger partial charge on any atom is -0.454 e. The Bertz CT molecular complexity index is 619. The summed E-state index contributed by atoms with van der Waals surface area (Å²) in [6.07, 6.45) is 3.40. The van der Waals surface area contributed by atoms with Gasteiger partial charge in [-0.25, -0.2) is 0 Å². The highest BCUT2D eigenvalue weighted by Crippen LogP contribution is 2.34. The summed E-state index contributed by atoms with van der Waals surface area (Å²) in [7, 11) is 0. The normalized spacial score (nSPS) is 14.3. The van der Waals surface area contributed by atoms with Crippen molar-refractivity contribution in [2.24, 2.45) is 0 Å². The van der Waals surface area contributed by atoms with Crippen LogP contribution >= 0.6 is 11.6 Å². The zero-order valence-electron chi connectivity index (χ0n) is 11.1. The van der Waals surface area contributed by atoms with Crippen LogP contribution in [0, 0.1) is 0 Å². The molecule has 1 aliphatic rings. The molecule has 2 aromatic rings. The van der Waals surface area contributed by atoms with Crippen molar-refractivity contribution in [3.05, 3.63) is 52.8 Å². The average molecular weight is 291 g/mol. The number of halogens is 1. The second-order valence-corrected chi connectivity index (χ2v) is 5.09. The molecule has 0 saturated carbocycles. The van der Waals surface area contributed by atoms with Crippen LogP contribution in [-0.2, 0) is 6.54 Å². The monoisotopic (exact) mass is 290 g/mol. The lowest BCUT2D eigenvalue weighted by Gasteiger charge is -2.15. The Morgan fingerprint density at radius 3 is 3.00 bits per heavy atom. The molecule has 0 saturated heterocycles. The molecule has 1 aromatic carbocycles. The smallest absolute Gasteiger partial charge is 0.231 e. The molecule has 0 fully saturated rings. The standard InChI is InChI=1S/C15H15ClN2O2/c1-10(18-7-12-4-5-17-8-13(12)16)11-2-3-14-15(6-11)20-9-19-14/h2-6,8,10,18H,7,9H2,1H3. The maximum Gasteiger partial charge on any atom is 0.231 e. The summed E-state index contributed by atoms with van der Waals surface area (Å²) in [5.74, 6) is 1.61. The van der Waals surface area contributed by atoms with Crippen LogP contribution in [0.3, 0.4) is 0 Å². The lowest BCUT2D eigenvalue weighted by molar-refractivity contribution is 0.174. The van der Waals surface area contributed by atoms with Crippen molar-refractivity contribution in [1.82, 2.24) is 10.3 Å². The first kappa shape index (κ1) is 13.2. The first-order valence-electron chi connectivity index (χ1n) is 6.45. The molecule has 0 radical (unpaired) electrons. The van der Waals surface area contributed by atoms with E-state index in [0.29, 0.717) is 18.4 Å². The van der Waals surface area contributed by atoms with Crippen molar-refractivity contribution in [1.29, 1.82) is 0 Å². The highest BCUT2D eigenvalue weighted by Gasteiger charge is 2.15. The van der Waals surface area contributed by atoms with Gasteiger partial charge in [-0.15, -0.1) is 0 Å². The molecule has 20 heavy (non-hydrogen) atoms. The van der Waals surface area contributed by atoms with Gasteiger partial charge in [0.15, 0.2) is 11.5 Å². The molecule has 0 aliphatic carbocycles. The van der Waals surface area contributed by atoms with Crippen LogP contribution in [0.25, 0.3) is 0 Å². The number of hydrogen-bond donors (Lipinski definition) is 1. The van der Waals surface area contributed by atoms with Gasteiger partial charge in [-0.3, -0.25) is 4.98 Å². The second kappa shape index (κ2) is 5.69. The largest absolute Gasteiger partial charge is 0.454 e. The van der Waals surface area contributed by atoms with E-state index in [-0.39, 0.29) is 6.04 Å². The third kappa shape index (κ3) is 2.71. The van der Waals surface area contributed by atoms with E-state index in [4.69, 9.17) is 21.1 Å². The summed E-state index contributed by atoms with van der Waals surface area (Å²) in [6.45, 7) is 3.09. The Morgan fingerprint density at radius 1 is 1.30 bits per heavy atom. The number of nitrogens with zero attached hydrogens (tertiary/aromatic N) is 1. The van der Waals surface area contributed by atoms with Crippen LogP contribution in [0.4, 0.5) is 0 Å². The lowest BCUT2D eigenvalue weighted by atomic mass is 10.1. The Labute approximate surface area is 122 Å². The summed E-state index contributed by atoms with van der Waals surface area (Å²) in [5, 5.41) is 4.12. The first-order chi connectivity index (χ1) is 9.74. The Kier molecular flexibility index (Phi) is 3.76. The molecular weight excluding hydrogens is 276 g/mol. The van der Waals surface area contributed by atoms with Crippen LogP contribution in [0.5, 0.6) is 11.5 Å². The number of fused-ring (bicyclic) bond motifs is 1. The summed E-state index contributed by atoms with van der Waals surface area (Å²) >= 11 is 6.09. The third-order valence-electron chi connectivity index (χ3n) is 3.35. The van der Waals surface area contributed by atoms with Crippen molar-refractivity contribution < 1.29 is 9.47 Å². The van der Waals surface area contributed by atoms with Crippen LogP contribution in [0.2, 0.25) is 5.02 Å². The maximum absolute atomic E-state index is 6.09. The quantitative estimate of drug-likeness (QED) is 0.938. The fourth-order valence-electron chi connectivity index (χ4n) is 2.11. The average Bonchev–Trinajstić information content (AvgIpc) is 2.93. The van der Waals surface area contributed by atoms with Gasteiger partial charge in [0.1, 0.15) is 0 Å². The molecule has 3 rings (SSSR count). The van der Waals surface area contributed by atoms with Gasteiger partial charge in [-0.1, -0.05) is 17.7 Å². The number of rotatable bonds is 4. The Hall–Kier alpha value is -1.78. The number of ether oxygens (including phenoxy) is 2. The highest BCUT2D eigenvalue weighted by atomic mass is 35.5. The molecular formula is C15H15ClN2O2. The first-order valence-corrected chi connectivity index (χ1v) is 6.83. The Morgan fingerprint density at radius 2 is 2.15 bits per heavy atom. The zero-order chi connectivity index (χ0) is 13.9.